The number of fused-ring (bicyclic) bond motifs is 1. The molecule has 1 saturated heterocycles. The van der Waals surface area contributed by atoms with E-state index < -0.39 is 23.8 Å². The second-order valence-electron chi connectivity index (χ2n) is 11.5. The molecule has 0 atom stereocenters. The fourth-order valence-corrected chi connectivity index (χ4v) is 5.23. The Morgan fingerprint density at radius 3 is 2.45 bits per heavy atom. The van der Waals surface area contributed by atoms with E-state index in [1.54, 1.807) is 22.0 Å². The quantitative estimate of drug-likeness (QED) is 0.0877. The number of halogens is 3. The molecule has 0 unspecified atom stereocenters. The molecular formula is C31H35F3N12O5. The number of carboxylic acid groups (broad SMARTS) is 1. The molecule has 0 aliphatic carbocycles. The van der Waals surface area contributed by atoms with Crippen molar-refractivity contribution in [2.45, 2.75) is 12.7 Å². The highest BCUT2D eigenvalue weighted by atomic mass is 19.4. The number of anilines is 1. The molecule has 5 aromatic rings. The Hall–Kier alpha value is -5.89. The number of hydrogen-bond donors (Lipinski definition) is 4. The molecule has 1 amide bonds. The van der Waals surface area contributed by atoms with Crippen LogP contribution in [0.1, 0.15) is 16.1 Å². The molecule has 0 spiro atoms. The molecule has 0 saturated carbocycles. The average Bonchev–Trinajstić information content (AvgIpc) is 3.90. The van der Waals surface area contributed by atoms with E-state index in [2.05, 4.69) is 45.9 Å². The minimum atomic E-state index is -5.08. The van der Waals surface area contributed by atoms with E-state index >= 15 is 0 Å². The number of methoxy groups -OCH3 is 1. The van der Waals surface area contributed by atoms with Gasteiger partial charge in [-0.1, -0.05) is 23.3 Å². The first-order chi connectivity index (χ1) is 24.4. The molecule has 4 aromatic heterocycles. The Balaban J connectivity index is 0.000000654. The molecule has 0 bridgehead atoms. The molecule has 6 rings (SSSR count). The molecule has 1 aliphatic heterocycles. The zero-order chi connectivity index (χ0) is 36.7. The van der Waals surface area contributed by atoms with Gasteiger partial charge >= 0.3 is 12.1 Å². The highest BCUT2D eigenvalue weighted by Gasteiger charge is 2.38. The molecule has 17 nitrogen and oxygen atoms in total. The van der Waals surface area contributed by atoms with Crippen LogP contribution in [-0.4, -0.2) is 140 Å². The lowest BCUT2D eigenvalue weighted by molar-refractivity contribution is -0.192. The number of carboxylic acids is 1. The van der Waals surface area contributed by atoms with E-state index in [4.69, 9.17) is 14.6 Å². The largest absolute Gasteiger partial charge is 0.494 e. The number of alkyl halides is 3. The van der Waals surface area contributed by atoms with Crippen LogP contribution in [0.25, 0.3) is 28.0 Å². The van der Waals surface area contributed by atoms with Gasteiger partial charge < -0.3 is 34.8 Å². The summed E-state index contributed by atoms with van der Waals surface area (Å²) in [5.41, 5.74) is 3.69. The molecule has 270 valence electrons. The SMILES string of the molecule is COc1cnc(-c2cc(CNCCN(C)C)[nH]n2)c2[nH]cc(C(=O)C(=O)N3CCN(c4nnnn4-c4ccccc4)CC3)c12.O=C(O)C(F)(F)F. The Morgan fingerprint density at radius 2 is 1.80 bits per heavy atom. The summed E-state index contributed by atoms with van der Waals surface area (Å²) in [7, 11) is 5.56. The highest BCUT2D eigenvalue weighted by Crippen LogP contribution is 2.34. The van der Waals surface area contributed by atoms with Crippen molar-refractivity contribution in [2.75, 3.05) is 65.4 Å². The maximum atomic E-state index is 13.6. The van der Waals surface area contributed by atoms with Gasteiger partial charge in [-0.25, -0.2) is 9.78 Å². The first-order valence-electron chi connectivity index (χ1n) is 15.6. The molecule has 1 aliphatic rings. The number of pyridine rings is 1. The lowest BCUT2D eigenvalue weighted by Gasteiger charge is -2.34. The van der Waals surface area contributed by atoms with Crippen LogP contribution < -0.4 is 15.0 Å². The summed E-state index contributed by atoms with van der Waals surface area (Å²) in [5.74, 6) is -2.99. The molecule has 51 heavy (non-hydrogen) atoms. The topological polar surface area (TPSA) is 203 Å². The number of benzene rings is 1. The van der Waals surface area contributed by atoms with Crippen molar-refractivity contribution in [1.82, 2.24) is 55.5 Å². The number of tetrazole rings is 1. The van der Waals surface area contributed by atoms with Crippen molar-refractivity contribution in [2.24, 2.45) is 0 Å². The minimum Gasteiger partial charge on any atom is -0.494 e. The van der Waals surface area contributed by atoms with Crippen molar-refractivity contribution < 1.29 is 37.4 Å². The third kappa shape index (κ3) is 8.47. The third-order valence-electron chi connectivity index (χ3n) is 7.80. The summed E-state index contributed by atoms with van der Waals surface area (Å²) in [6.45, 7) is 4.02. The number of carbonyl (C=O) groups excluding carboxylic acids is 2. The normalized spacial score (nSPS) is 13.3. The molecule has 5 heterocycles. The van der Waals surface area contributed by atoms with Gasteiger partial charge in [-0.2, -0.15) is 23.0 Å². The number of ketones is 1. The number of nitrogens with one attached hydrogen (secondary N) is 3. The summed E-state index contributed by atoms with van der Waals surface area (Å²) in [5, 5.41) is 30.6. The number of Topliss-reactive ketones (excluding diaryl/α,β-unsaturated/α-hetero) is 1. The third-order valence-corrected chi connectivity index (χ3v) is 7.80. The van der Waals surface area contributed by atoms with Crippen molar-refractivity contribution in [3.05, 3.63) is 60.0 Å². The van der Waals surface area contributed by atoms with E-state index in [0.29, 0.717) is 66.7 Å². The summed E-state index contributed by atoms with van der Waals surface area (Å²) < 4.78 is 39.0. The fourth-order valence-electron chi connectivity index (χ4n) is 5.23. The maximum absolute atomic E-state index is 13.6. The Labute approximate surface area is 288 Å². The first-order valence-corrected chi connectivity index (χ1v) is 15.6. The Kier molecular flexibility index (Phi) is 11.2. The number of aromatic amines is 2. The van der Waals surface area contributed by atoms with Crippen LogP contribution in [0.5, 0.6) is 5.75 Å². The van der Waals surface area contributed by atoms with Gasteiger partial charge in [0.25, 0.3) is 11.7 Å². The number of para-hydroxylation sites is 1. The van der Waals surface area contributed by atoms with Crippen LogP contribution in [0, 0.1) is 0 Å². The number of aliphatic carboxylic acids is 1. The molecule has 0 radical (unpaired) electrons. The number of H-pyrrole nitrogens is 2. The summed E-state index contributed by atoms with van der Waals surface area (Å²) >= 11 is 0. The Bertz CT molecular complexity index is 1970. The van der Waals surface area contributed by atoms with Crippen LogP contribution >= 0.6 is 0 Å². The summed E-state index contributed by atoms with van der Waals surface area (Å²) in [4.78, 5) is 49.3. The predicted molar refractivity (Wildman–Crippen MR) is 176 cm³/mol. The van der Waals surface area contributed by atoms with Gasteiger partial charge in [-0.05, 0) is 42.7 Å². The van der Waals surface area contributed by atoms with Gasteiger partial charge in [-0.3, -0.25) is 14.7 Å². The second-order valence-corrected chi connectivity index (χ2v) is 11.5. The fraction of sp³-hybridized carbons (Fsp3) is 0.355. The lowest BCUT2D eigenvalue weighted by atomic mass is 10.1. The average molecular weight is 713 g/mol. The molecule has 4 N–H and O–H groups in total. The van der Waals surface area contributed by atoms with Gasteiger partial charge in [0.2, 0.25) is 5.95 Å². The highest BCUT2D eigenvalue weighted by molar-refractivity contribution is 6.45. The number of nitrogens with zero attached hydrogens (tertiary/aromatic N) is 9. The van der Waals surface area contributed by atoms with Crippen molar-refractivity contribution >= 4 is 34.5 Å². The van der Waals surface area contributed by atoms with Crippen molar-refractivity contribution in [3.8, 4) is 22.8 Å². The van der Waals surface area contributed by atoms with E-state index in [0.717, 1.165) is 24.5 Å². The van der Waals surface area contributed by atoms with E-state index in [1.807, 2.05) is 55.4 Å². The number of hydrogen-bond acceptors (Lipinski definition) is 12. The van der Waals surface area contributed by atoms with Gasteiger partial charge in [0.1, 0.15) is 17.1 Å². The zero-order valence-corrected chi connectivity index (χ0v) is 27.8. The monoisotopic (exact) mass is 712 g/mol. The van der Waals surface area contributed by atoms with Gasteiger partial charge in [0.15, 0.2) is 0 Å². The standard InChI is InChI=1S/C29H34N12O3.C2HF3O2/c1-38(2)10-9-30-16-19-15-22(34-33-19)25-26-24(23(44-3)18-32-25)21(17-31-26)27(42)28(43)39-11-13-40(14-12-39)29-35-36-37-41(29)20-7-5-4-6-8-20;3-2(4,5)1(6)7/h4-8,15,17-18,30-31H,9-14,16H2,1-3H3,(H,33,34);(H,6,7). The van der Waals surface area contributed by atoms with Crippen LogP contribution in [-0.2, 0) is 16.1 Å². The smallest absolute Gasteiger partial charge is 0.490 e. The van der Waals surface area contributed by atoms with Crippen LogP contribution in [0.2, 0.25) is 0 Å². The van der Waals surface area contributed by atoms with Crippen LogP contribution in [0.15, 0.2) is 48.8 Å². The molecule has 1 aromatic carbocycles. The van der Waals surface area contributed by atoms with E-state index in [9.17, 15) is 22.8 Å². The van der Waals surface area contributed by atoms with Crippen LogP contribution in [0.4, 0.5) is 19.1 Å². The molecule has 1 fully saturated rings. The van der Waals surface area contributed by atoms with Crippen molar-refractivity contribution in [3.63, 3.8) is 0 Å². The lowest BCUT2D eigenvalue weighted by Crippen LogP contribution is -2.51. The van der Waals surface area contributed by atoms with Gasteiger partial charge in [0, 0.05) is 57.7 Å². The second kappa shape index (κ2) is 15.8. The van der Waals surface area contributed by atoms with Gasteiger partial charge in [0.05, 0.1) is 35.5 Å². The number of carbonyl (C=O) groups is 3. The van der Waals surface area contributed by atoms with Gasteiger partial charge in [-0.15, -0.1) is 0 Å². The van der Waals surface area contributed by atoms with E-state index in [1.165, 1.54) is 7.11 Å². The predicted octanol–water partition coefficient (Wildman–Crippen LogP) is 1.75. The zero-order valence-electron chi connectivity index (χ0n) is 27.8. The number of amides is 1. The number of aromatic nitrogens is 8. The minimum absolute atomic E-state index is 0.224. The number of likely N-dealkylation sites (N-methyl/N-ethyl adjacent to an activating group) is 1. The summed E-state index contributed by atoms with van der Waals surface area (Å²) in [6, 6.07) is 11.5. The number of rotatable bonds is 11. The van der Waals surface area contributed by atoms with Crippen molar-refractivity contribution in [1.29, 1.82) is 0 Å². The molecular weight excluding hydrogens is 677 g/mol. The Morgan fingerprint density at radius 1 is 1.10 bits per heavy atom. The van der Waals surface area contributed by atoms with E-state index in [-0.39, 0.29) is 5.56 Å². The maximum Gasteiger partial charge on any atom is 0.490 e. The first kappa shape index (κ1) is 36.4. The number of piperazine rings is 1. The van der Waals surface area contributed by atoms with Crippen LogP contribution in [0.3, 0.4) is 0 Å². The summed E-state index contributed by atoms with van der Waals surface area (Å²) in [6.07, 6.45) is -1.99. The number of ether oxygens (including phenoxy) is 1. The molecule has 20 heteroatoms.